The molecule has 3 aromatic rings. The highest BCUT2D eigenvalue weighted by Gasteiger charge is 2.31. The van der Waals surface area contributed by atoms with Crippen molar-refractivity contribution in [2.75, 3.05) is 10.7 Å². The number of hydrogen-bond acceptors (Lipinski definition) is 4. The first-order chi connectivity index (χ1) is 14.4. The summed E-state index contributed by atoms with van der Waals surface area (Å²) in [5.41, 5.74) is 3.92. The van der Waals surface area contributed by atoms with E-state index in [1.807, 2.05) is 65.8 Å². The minimum atomic E-state index is -0.0398. The Morgan fingerprint density at radius 1 is 1.17 bits per heavy atom. The molecule has 0 radical (unpaired) electrons. The van der Waals surface area contributed by atoms with Gasteiger partial charge in [-0.15, -0.1) is 0 Å². The van der Waals surface area contributed by atoms with Gasteiger partial charge in [0.1, 0.15) is 6.54 Å². The maximum Gasteiger partial charge on any atom is 0.247 e. The number of imidazole rings is 1. The molecule has 1 aliphatic heterocycles. The number of carbonyl (C=O) groups excluding carboxylic acids is 2. The van der Waals surface area contributed by atoms with Crippen molar-refractivity contribution in [3.05, 3.63) is 54.1 Å². The second-order valence-corrected chi connectivity index (χ2v) is 8.87. The average Bonchev–Trinajstić information content (AvgIpc) is 3.22. The summed E-state index contributed by atoms with van der Waals surface area (Å²) in [5.74, 6) is 0.254. The number of anilines is 1. The zero-order chi connectivity index (χ0) is 21.3. The molecule has 30 heavy (non-hydrogen) atoms. The summed E-state index contributed by atoms with van der Waals surface area (Å²) in [7, 11) is 0. The topological polar surface area (TPSA) is 67.2 Å². The maximum absolute atomic E-state index is 13.4. The van der Waals surface area contributed by atoms with Gasteiger partial charge in [-0.1, -0.05) is 42.1 Å². The average molecular weight is 423 g/mol. The van der Waals surface area contributed by atoms with Gasteiger partial charge in [-0.25, -0.2) is 4.98 Å². The lowest BCUT2D eigenvalue weighted by Gasteiger charge is -2.23. The molecule has 1 aromatic heterocycles. The Bertz CT molecular complexity index is 1090. The lowest BCUT2D eigenvalue weighted by atomic mass is 10.1. The quantitative estimate of drug-likeness (QED) is 0.616. The number of hydrogen-bond donors (Lipinski definition) is 1. The SMILES string of the molecule is CC(C)NC(=O)CSc1nc2ccccc2n1CC(=O)N1c2ccccc2C[C@H]1C. The van der Waals surface area contributed by atoms with Crippen LogP contribution in [-0.2, 0) is 22.6 Å². The fourth-order valence-electron chi connectivity index (χ4n) is 3.97. The van der Waals surface area contributed by atoms with Gasteiger partial charge >= 0.3 is 0 Å². The molecule has 1 N–H and O–H groups in total. The Balaban J connectivity index is 1.60. The van der Waals surface area contributed by atoms with Crippen molar-refractivity contribution >= 4 is 40.3 Å². The second-order valence-electron chi connectivity index (χ2n) is 7.93. The number of benzene rings is 2. The molecule has 1 aliphatic rings. The maximum atomic E-state index is 13.4. The molecule has 0 fully saturated rings. The van der Waals surface area contributed by atoms with Crippen LogP contribution in [0.25, 0.3) is 11.0 Å². The van der Waals surface area contributed by atoms with E-state index in [0.29, 0.717) is 5.16 Å². The highest BCUT2D eigenvalue weighted by molar-refractivity contribution is 7.99. The van der Waals surface area contributed by atoms with Crippen molar-refractivity contribution in [1.82, 2.24) is 14.9 Å². The van der Waals surface area contributed by atoms with Gasteiger partial charge in [0.15, 0.2) is 5.16 Å². The van der Waals surface area contributed by atoms with Crippen LogP contribution in [0.15, 0.2) is 53.7 Å². The molecule has 0 saturated carbocycles. The number of amides is 2. The number of nitrogens with zero attached hydrogens (tertiary/aromatic N) is 3. The van der Waals surface area contributed by atoms with Crippen molar-refractivity contribution in [2.45, 2.75) is 51.0 Å². The van der Waals surface area contributed by atoms with Crippen molar-refractivity contribution in [1.29, 1.82) is 0 Å². The molecule has 2 amide bonds. The van der Waals surface area contributed by atoms with Crippen LogP contribution in [0.4, 0.5) is 5.69 Å². The number of aromatic nitrogens is 2. The Labute approximate surface area is 180 Å². The Kier molecular flexibility index (Phi) is 5.81. The number of rotatable bonds is 6. The van der Waals surface area contributed by atoms with Gasteiger partial charge in [0.2, 0.25) is 11.8 Å². The summed E-state index contributed by atoms with van der Waals surface area (Å²) in [6, 6.07) is 16.1. The molecule has 1 atom stereocenters. The van der Waals surface area contributed by atoms with Gasteiger partial charge in [-0.2, -0.15) is 0 Å². The molecule has 2 aromatic carbocycles. The van der Waals surface area contributed by atoms with Crippen molar-refractivity contribution in [3.63, 3.8) is 0 Å². The minimum absolute atomic E-state index is 0.0316. The fraction of sp³-hybridized carbons (Fsp3) is 0.348. The lowest BCUT2D eigenvalue weighted by molar-refractivity contribution is -0.120. The zero-order valence-corrected chi connectivity index (χ0v) is 18.3. The fourth-order valence-corrected chi connectivity index (χ4v) is 4.79. The van der Waals surface area contributed by atoms with Gasteiger partial charge < -0.3 is 14.8 Å². The number of nitrogens with one attached hydrogen (secondary N) is 1. The summed E-state index contributed by atoms with van der Waals surface area (Å²) >= 11 is 1.36. The normalized spacial score (nSPS) is 15.6. The van der Waals surface area contributed by atoms with E-state index in [-0.39, 0.29) is 36.2 Å². The smallest absolute Gasteiger partial charge is 0.247 e. The van der Waals surface area contributed by atoms with E-state index >= 15 is 0 Å². The summed E-state index contributed by atoms with van der Waals surface area (Å²) in [5, 5.41) is 3.58. The summed E-state index contributed by atoms with van der Waals surface area (Å²) < 4.78 is 1.93. The number of carbonyl (C=O) groups is 2. The largest absolute Gasteiger partial charge is 0.353 e. The van der Waals surface area contributed by atoms with E-state index in [0.717, 1.165) is 23.1 Å². The molecule has 4 rings (SSSR count). The number of para-hydroxylation sites is 3. The predicted octanol–water partition coefficient (Wildman–Crippen LogP) is 3.63. The molecule has 0 aliphatic carbocycles. The first-order valence-electron chi connectivity index (χ1n) is 10.2. The van der Waals surface area contributed by atoms with Crippen molar-refractivity contribution in [2.24, 2.45) is 0 Å². The van der Waals surface area contributed by atoms with E-state index < -0.39 is 0 Å². The van der Waals surface area contributed by atoms with Crippen molar-refractivity contribution in [3.8, 4) is 0 Å². The third kappa shape index (κ3) is 4.07. The predicted molar refractivity (Wildman–Crippen MR) is 121 cm³/mol. The summed E-state index contributed by atoms with van der Waals surface area (Å²) in [4.78, 5) is 32.0. The van der Waals surface area contributed by atoms with Crippen LogP contribution in [0.3, 0.4) is 0 Å². The molecular formula is C23H26N4O2S. The van der Waals surface area contributed by atoms with Crippen LogP contribution in [0.5, 0.6) is 0 Å². The van der Waals surface area contributed by atoms with Gasteiger partial charge in [0.25, 0.3) is 0 Å². The van der Waals surface area contributed by atoms with E-state index in [9.17, 15) is 9.59 Å². The zero-order valence-electron chi connectivity index (χ0n) is 17.5. The van der Waals surface area contributed by atoms with Gasteiger partial charge in [0, 0.05) is 17.8 Å². The molecular weight excluding hydrogens is 396 g/mol. The molecule has 0 bridgehead atoms. The second kappa shape index (κ2) is 8.52. The Morgan fingerprint density at radius 2 is 1.90 bits per heavy atom. The third-order valence-electron chi connectivity index (χ3n) is 5.17. The van der Waals surface area contributed by atoms with E-state index in [1.54, 1.807) is 0 Å². The molecule has 156 valence electrons. The van der Waals surface area contributed by atoms with Gasteiger partial charge in [-0.3, -0.25) is 9.59 Å². The highest BCUT2D eigenvalue weighted by Crippen LogP contribution is 2.33. The first-order valence-corrected chi connectivity index (χ1v) is 11.2. The molecule has 0 unspecified atom stereocenters. The molecule has 6 nitrogen and oxygen atoms in total. The minimum Gasteiger partial charge on any atom is -0.353 e. The third-order valence-corrected chi connectivity index (χ3v) is 6.15. The van der Waals surface area contributed by atoms with Gasteiger partial charge in [0.05, 0.1) is 16.8 Å². The van der Waals surface area contributed by atoms with E-state index in [4.69, 9.17) is 0 Å². The standard InChI is InChI=1S/C23H26N4O2S/c1-15(2)24-21(28)14-30-23-25-18-9-5-7-11-20(18)26(23)13-22(29)27-16(3)12-17-8-4-6-10-19(17)27/h4-11,15-16H,12-14H2,1-3H3,(H,24,28)/t16-/m1/s1. The van der Waals surface area contributed by atoms with Crippen LogP contribution in [0.2, 0.25) is 0 Å². The van der Waals surface area contributed by atoms with E-state index in [2.05, 4.69) is 23.3 Å². The van der Waals surface area contributed by atoms with Crippen LogP contribution in [0.1, 0.15) is 26.3 Å². The van der Waals surface area contributed by atoms with Gasteiger partial charge in [-0.05, 0) is 51.0 Å². The van der Waals surface area contributed by atoms with Crippen LogP contribution < -0.4 is 10.2 Å². The first kappa shape index (κ1) is 20.5. The molecule has 7 heteroatoms. The number of thioether (sulfide) groups is 1. The Morgan fingerprint density at radius 3 is 2.70 bits per heavy atom. The summed E-state index contributed by atoms with van der Waals surface area (Å²) in [6.07, 6.45) is 0.865. The number of fused-ring (bicyclic) bond motifs is 2. The Hall–Kier alpha value is -2.80. The highest BCUT2D eigenvalue weighted by atomic mass is 32.2. The summed E-state index contributed by atoms with van der Waals surface area (Å²) in [6.45, 7) is 6.14. The van der Waals surface area contributed by atoms with Crippen LogP contribution in [-0.4, -0.2) is 39.2 Å². The molecule has 0 saturated heterocycles. The van der Waals surface area contributed by atoms with Crippen LogP contribution >= 0.6 is 11.8 Å². The van der Waals surface area contributed by atoms with E-state index in [1.165, 1.54) is 17.3 Å². The monoisotopic (exact) mass is 422 g/mol. The van der Waals surface area contributed by atoms with Crippen LogP contribution in [0, 0.1) is 0 Å². The molecule has 0 spiro atoms. The molecule has 2 heterocycles. The van der Waals surface area contributed by atoms with Crippen molar-refractivity contribution < 1.29 is 9.59 Å². The lowest BCUT2D eigenvalue weighted by Crippen LogP contribution is -2.38.